The van der Waals surface area contributed by atoms with Gasteiger partial charge in [0.05, 0.1) is 13.2 Å². The molecule has 0 bridgehead atoms. The van der Waals surface area contributed by atoms with Crippen LogP contribution in [0.1, 0.15) is 40.0 Å². The second kappa shape index (κ2) is 8.61. The van der Waals surface area contributed by atoms with Gasteiger partial charge < -0.3 is 15.3 Å². The standard InChI is InChI=1S/C10H18O.C3H8O3/c1-7(2)9-5-4-8(3)6-10(9)11;4-1-3(6)2-5/h7-9H,4-6H2,1-3H3;3-6H,1-2H2. The van der Waals surface area contributed by atoms with E-state index in [0.717, 1.165) is 12.8 Å². The van der Waals surface area contributed by atoms with Crippen LogP contribution in [-0.4, -0.2) is 40.4 Å². The molecular weight excluding hydrogens is 220 g/mol. The molecule has 17 heavy (non-hydrogen) atoms. The Labute approximate surface area is 104 Å². The first kappa shape index (κ1) is 16.6. The fourth-order valence-electron chi connectivity index (χ4n) is 1.98. The number of rotatable bonds is 3. The minimum atomic E-state index is -0.954. The summed E-state index contributed by atoms with van der Waals surface area (Å²) in [5.74, 6) is 2.05. The van der Waals surface area contributed by atoms with E-state index in [0.29, 0.717) is 23.5 Å². The van der Waals surface area contributed by atoms with Gasteiger partial charge in [-0.05, 0) is 24.7 Å². The van der Waals surface area contributed by atoms with E-state index >= 15 is 0 Å². The summed E-state index contributed by atoms with van der Waals surface area (Å²) in [6.45, 7) is 5.75. The Morgan fingerprint density at radius 1 is 1.24 bits per heavy atom. The highest BCUT2D eigenvalue weighted by Gasteiger charge is 2.27. The van der Waals surface area contributed by atoms with Crippen LogP contribution in [0.5, 0.6) is 0 Å². The monoisotopic (exact) mass is 246 g/mol. The molecule has 1 aliphatic rings. The summed E-state index contributed by atoms with van der Waals surface area (Å²) in [7, 11) is 0. The van der Waals surface area contributed by atoms with Gasteiger partial charge in [0.25, 0.3) is 0 Å². The number of ketones is 1. The van der Waals surface area contributed by atoms with E-state index in [9.17, 15) is 4.79 Å². The maximum atomic E-state index is 11.4. The molecule has 0 aliphatic heterocycles. The van der Waals surface area contributed by atoms with Crippen LogP contribution in [0, 0.1) is 17.8 Å². The summed E-state index contributed by atoms with van der Waals surface area (Å²) >= 11 is 0. The van der Waals surface area contributed by atoms with Gasteiger partial charge in [-0.25, -0.2) is 0 Å². The van der Waals surface area contributed by atoms with Crippen molar-refractivity contribution in [3.8, 4) is 0 Å². The van der Waals surface area contributed by atoms with Gasteiger partial charge >= 0.3 is 0 Å². The summed E-state index contributed by atoms with van der Waals surface area (Å²) in [4.78, 5) is 11.4. The molecule has 0 spiro atoms. The summed E-state index contributed by atoms with van der Waals surface area (Å²) in [5.41, 5.74) is 0. The lowest BCUT2D eigenvalue weighted by molar-refractivity contribution is -0.127. The lowest BCUT2D eigenvalue weighted by Gasteiger charge is -2.27. The van der Waals surface area contributed by atoms with Crippen LogP contribution < -0.4 is 0 Å². The molecular formula is C13H26O4. The van der Waals surface area contributed by atoms with Crippen molar-refractivity contribution < 1.29 is 20.1 Å². The first-order valence-corrected chi connectivity index (χ1v) is 6.34. The number of Topliss-reactive ketones (excluding diaryl/α,β-unsaturated/α-hetero) is 1. The fourth-order valence-corrected chi connectivity index (χ4v) is 1.98. The van der Waals surface area contributed by atoms with Crippen LogP contribution in [0.4, 0.5) is 0 Å². The first-order chi connectivity index (χ1) is 7.92. The van der Waals surface area contributed by atoms with E-state index in [1.54, 1.807) is 0 Å². The van der Waals surface area contributed by atoms with Gasteiger partial charge in [-0.3, -0.25) is 4.79 Å². The van der Waals surface area contributed by atoms with Crippen LogP contribution in [0.3, 0.4) is 0 Å². The van der Waals surface area contributed by atoms with Crippen molar-refractivity contribution >= 4 is 5.78 Å². The lowest BCUT2D eigenvalue weighted by Crippen LogP contribution is -2.27. The third-order valence-corrected chi connectivity index (χ3v) is 3.16. The second-order valence-electron chi connectivity index (χ2n) is 5.22. The van der Waals surface area contributed by atoms with Crippen LogP contribution in [-0.2, 0) is 4.79 Å². The van der Waals surface area contributed by atoms with Gasteiger partial charge in [0.2, 0.25) is 0 Å². The predicted octanol–water partition coefficient (Wildman–Crippen LogP) is 0.980. The molecule has 1 fully saturated rings. The Kier molecular flexibility index (Phi) is 8.39. The zero-order valence-corrected chi connectivity index (χ0v) is 11.1. The van der Waals surface area contributed by atoms with Gasteiger partial charge in [-0.2, -0.15) is 0 Å². The normalized spacial score (nSPS) is 24.8. The minimum absolute atomic E-state index is 0.365. The van der Waals surface area contributed by atoms with Crippen LogP contribution >= 0.6 is 0 Å². The number of aliphatic hydroxyl groups excluding tert-OH is 3. The van der Waals surface area contributed by atoms with Crippen molar-refractivity contribution in [2.75, 3.05) is 13.2 Å². The highest BCUT2D eigenvalue weighted by atomic mass is 16.3. The summed E-state index contributed by atoms with van der Waals surface area (Å²) < 4.78 is 0. The smallest absolute Gasteiger partial charge is 0.136 e. The third-order valence-electron chi connectivity index (χ3n) is 3.16. The maximum Gasteiger partial charge on any atom is 0.136 e. The fraction of sp³-hybridized carbons (Fsp3) is 0.923. The van der Waals surface area contributed by atoms with Crippen LogP contribution in [0.15, 0.2) is 0 Å². The molecule has 2 unspecified atom stereocenters. The molecule has 1 rings (SSSR count). The van der Waals surface area contributed by atoms with Crippen LogP contribution in [0.2, 0.25) is 0 Å². The Morgan fingerprint density at radius 2 is 1.76 bits per heavy atom. The van der Waals surface area contributed by atoms with E-state index in [-0.39, 0.29) is 13.2 Å². The van der Waals surface area contributed by atoms with Crippen molar-refractivity contribution in [3.63, 3.8) is 0 Å². The number of aliphatic hydroxyl groups is 3. The van der Waals surface area contributed by atoms with E-state index in [4.69, 9.17) is 15.3 Å². The van der Waals surface area contributed by atoms with Crippen molar-refractivity contribution in [3.05, 3.63) is 0 Å². The number of hydrogen-bond acceptors (Lipinski definition) is 4. The molecule has 0 radical (unpaired) electrons. The van der Waals surface area contributed by atoms with Gasteiger partial charge in [-0.1, -0.05) is 20.8 Å². The SMILES string of the molecule is CC1CCC(C(C)C)C(=O)C1.OCC(O)CO. The van der Waals surface area contributed by atoms with Gasteiger partial charge in [-0.15, -0.1) is 0 Å². The maximum absolute atomic E-state index is 11.4. The van der Waals surface area contributed by atoms with E-state index in [2.05, 4.69) is 20.8 Å². The van der Waals surface area contributed by atoms with Gasteiger partial charge in [0.15, 0.2) is 0 Å². The van der Waals surface area contributed by atoms with Gasteiger partial charge in [0, 0.05) is 12.3 Å². The highest BCUT2D eigenvalue weighted by Crippen LogP contribution is 2.29. The molecule has 2 atom stereocenters. The zero-order valence-electron chi connectivity index (χ0n) is 11.1. The molecule has 0 aromatic heterocycles. The lowest BCUT2D eigenvalue weighted by atomic mass is 9.77. The van der Waals surface area contributed by atoms with Crippen molar-refractivity contribution in [2.24, 2.45) is 17.8 Å². The topological polar surface area (TPSA) is 77.8 Å². The molecule has 4 heteroatoms. The van der Waals surface area contributed by atoms with E-state index < -0.39 is 6.10 Å². The quantitative estimate of drug-likeness (QED) is 0.693. The summed E-state index contributed by atoms with van der Waals surface area (Å²) in [6, 6.07) is 0. The average Bonchev–Trinajstić information content (AvgIpc) is 2.28. The molecule has 102 valence electrons. The Balaban J connectivity index is 0.000000366. The highest BCUT2D eigenvalue weighted by molar-refractivity contribution is 5.82. The molecule has 4 nitrogen and oxygen atoms in total. The van der Waals surface area contributed by atoms with Crippen molar-refractivity contribution in [1.29, 1.82) is 0 Å². The molecule has 0 amide bonds. The third kappa shape index (κ3) is 6.76. The second-order valence-corrected chi connectivity index (χ2v) is 5.22. The number of carbonyl (C=O) groups is 1. The largest absolute Gasteiger partial charge is 0.394 e. The number of hydrogen-bond donors (Lipinski definition) is 3. The zero-order chi connectivity index (χ0) is 13.4. The van der Waals surface area contributed by atoms with E-state index in [1.807, 2.05) is 0 Å². The summed E-state index contributed by atoms with van der Waals surface area (Å²) in [5, 5.41) is 24.0. The Morgan fingerprint density at radius 3 is 2.06 bits per heavy atom. The average molecular weight is 246 g/mol. The molecule has 0 aromatic carbocycles. The van der Waals surface area contributed by atoms with Crippen molar-refractivity contribution in [1.82, 2.24) is 0 Å². The molecule has 1 aliphatic carbocycles. The molecule has 0 heterocycles. The van der Waals surface area contributed by atoms with Crippen LogP contribution in [0.25, 0.3) is 0 Å². The Hall–Kier alpha value is -0.450. The minimum Gasteiger partial charge on any atom is -0.394 e. The molecule has 1 saturated carbocycles. The predicted molar refractivity (Wildman–Crippen MR) is 66.5 cm³/mol. The molecule has 0 aromatic rings. The van der Waals surface area contributed by atoms with Crippen molar-refractivity contribution in [2.45, 2.75) is 46.1 Å². The number of carbonyl (C=O) groups excluding carboxylic acids is 1. The van der Waals surface area contributed by atoms with Gasteiger partial charge in [0.1, 0.15) is 11.9 Å². The molecule has 0 saturated heterocycles. The molecule has 3 N–H and O–H groups in total. The first-order valence-electron chi connectivity index (χ1n) is 6.34. The summed E-state index contributed by atoms with van der Waals surface area (Å²) in [6.07, 6.45) is 2.24. The Bertz CT molecular complexity index is 211. The van der Waals surface area contributed by atoms with E-state index in [1.165, 1.54) is 6.42 Å².